The van der Waals surface area contributed by atoms with Crippen molar-refractivity contribution in [1.29, 1.82) is 0 Å². The molecule has 0 aliphatic heterocycles. The molecule has 0 bridgehead atoms. The Balaban J connectivity index is 2.40. The van der Waals surface area contributed by atoms with Crippen LogP contribution in [0.1, 0.15) is 17.2 Å². The predicted octanol–water partition coefficient (Wildman–Crippen LogP) is 5.55. The van der Waals surface area contributed by atoms with Crippen molar-refractivity contribution in [2.75, 3.05) is 0 Å². The third-order valence-corrected chi connectivity index (χ3v) is 4.97. The van der Waals surface area contributed by atoms with Crippen molar-refractivity contribution in [2.24, 2.45) is 0 Å². The maximum Gasteiger partial charge on any atom is 0.106 e. The van der Waals surface area contributed by atoms with Crippen molar-refractivity contribution in [3.63, 3.8) is 0 Å². The van der Waals surface area contributed by atoms with Gasteiger partial charge in [0, 0.05) is 10.0 Å². The first kappa shape index (κ1) is 13.7. The van der Waals surface area contributed by atoms with Crippen LogP contribution in [0.5, 0.6) is 0 Å². The van der Waals surface area contributed by atoms with Gasteiger partial charge < -0.3 is 5.11 Å². The Morgan fingerprint density at radius 3 is 2.41 bits per heavy atom. The van der Waals surface area contributed by atoms with Crippen molar-refractivity contribution in [3.8, 4) is 0 Å². The fraction of sp³-hybridized carbons (Fsp3) is 0.0909. The highest BCUT2D eigenvalue weighted by Crippen LogP contribution is 2.38. The zero-order valence-corrected chi connectivity index (χ0v) is 12.9. The number of aliphatic hydroxyl groups is 1. The molecule has 0 spiro atoms. The summed E-state index contributed by atoms with van der Waals surface area (Å²) < 4.78 is 1.78. The molecule has 2 aromatic rings. The van der Waals surface area contributed by atoms with Gasteiger partial charge in [-0.05, 0) is 39.7 Å². The molecule has 1 aromatic carbocycles. The Bertz CT molecular complexity index is 556. The molecule has 1 nitrogen and oxygen atoms in total. The summed E-state index contributed by atoms with van der Waals surface area (Å²) in [6, 6.07) is 6.89. The van der Waals surface area contributed by atoms with E-state index in [-0.39, 0.29) is 0 Å². The number of benzene rings is 1. The van der Waals surface area contributed by atoms with Crippen LogP contribution in [-0.4, -0.2) is 5.11 Å². The Kier molecular flexibility index (Phi) is 4.40. The molecule has 0 aliphatic rings. The molecule has 0 radical (unpaired) electrons. The molecule has 2 rings (SSSR count). The lowest BCUT2D eigenvalue weighted by atomic mass is 10.0. The zero-order chi connectivity index (χ0) is 12.6. The largest absolute Gasteiger partial charge is 0.384 e. The van der Waals surface area contributed by atoms with E-state index >= 15 is 0 Å². The molecule has 0 saturated heterocycles. The molecular formula is C11H6BrCl3OS. The van der Waals surface area contributed by atoms with Gasteiger partial charge >= 0.3 is 0 Å². The molecule has 1 aromatic heterocycles. The summed E-state index contributed by atoms with van der Waals surface area (Å²) in [7, 11) is 0. The lowest BCUT2D eigenvalue weighted by molar-refractivity contribution is 0.221. The topological polar surface area (TPSA) is 20.2 Å². The van der Waals surface area contributed by atoms with Crippen molar-refractivity contribution < 1.29 is 5.11 Å². The lowest BCUT2D eigenvalue weighted by Gasteiger charge is -2.11. The second kappa shape index (κ2) is 5.47. The minimum Gasteiger partial charge on any atom is -0.384 e. The third-order valence-electron chi connectivity index (χ3n) is 2.24. The van der Waals surface area contributed by atoms with Gasteiger partial charge in [-0.2, -0.15) is 0 Å². The molecule has 0 saturated carbocycles. The van der Waals surface area contributed by atoms with Crippen LogP contribution in [0.2, 0.25) is 13.7 Å². The van der Waals surface area contributed by atoms with E-state index in [2.05, 4.69) is 15.9 Å². The maximum atomic E-state index is 10.2. The van der Waals surface area contributed by atoms with Gasteiger partial charge in [-0.25, -0.2) is 0 Å². The first-order valence-electron chi connectivity index (χ1n) is 4.57. The summed E-state index contributed by atoms with van der Waals surface area (Å²) >= 11 is 22.3. The minimum atomic E-state index is -0.806. The van der Waals surface area contributed by atoms with E-state index in [0.717, 1.165) is 4.47 Å². The first-order valence-corrected chi connectivity index (χ1v) is 7.31. The third kappa shape index (κ3) is 2.98. The van der Waals surface area contributed by atoms with Crippen molar-refractivity contribution >= 4 is 62.1 Å². The molecule has 0 aliphatic carbocycles. The Morgan fingerprint density at radius 2 is 1.88 bits per heavy atom. The van der Waals surface area contributed by atoms with Crippen molar-refractivity contribution in [1.82, 2.24) is 0 Å². The van der Waals surface area contributed by atoms with E-state index in [9.17, 15) is 5.11 Å². The number of hydrogen-bond acceptors (Lipinski definition) is 2. The lowest BCUT2D eigenvalue weighted by Crippen LogP contribution is -1.98. The second-order valence-corrected chi connectivity index (χ2v) is 6.90. The highest BCUT2D eigenvalue weighted by Gasteiger charge is 2.17. The van der Waals surface area contributed by atoms with Gasteiger partial charge in [-0.1, -0.05) is 40.9 Å². The van der Waals surface area contributed by atoms with Crippen LogP contribution in [0.3, 0.4) is 0 Å². The van der Waals surface area contributed by atoms with Crippen molar-refractivity contribution in [2.45, 2.75) is 6.10 Å². The fourth-order valence-corrected chi connectivity index (χ4v) is 3.44. The van der Waals surface area contributed by atoms with Gasteiger partial charge in [-0.3, -0.25) is 0 Å². The molecular weight excluding hydrogens is 366 g/mol. The number of rotatable bonds is 2. The molecule has 1 N–H and O–H groups in total. The van der Waals surface area contributed by atoms with Crippen LogP contribution < -0.4 is 0 Å². The van der Waals surface area contributed by atoms with Gasteiger partial charge in [0.15, 0.2) is 0 Å². The van der Waals surface area contributed by atoms with Crippen LogP contribution in [0, 0.1) is 0 Å². The average molecular weight is 372 g/mol. The SMILES string of the molecule is OC(c1ccc(Cl)c(Br)c1)c1cc(Cl)sc1Cl. The monoisotopic (exact) mass is 370 g/mol. The zero-order valence-electron chi connectivity index (χ0n) is 8.25. The molecule has 6 heteroatoms. The molecule has 17 heavy (non-hydrogen) atoms. The van der Waals surface area contributed by atoms with E-state index < -0.39 is 6.10 Å². The van der Waals surface area contributed by atoms with Crippen LogP contribution in [0.25, 0.3) is 0 Å². The minimum absolute atomic E-state index is 0.494. The van der Waals surface area contributed by atoms with Gasteiger partial charge in [-0.15, -0.1) is 11.3 Å². The van der Waals surface area contributed by atoms with Gasteiger partial charge in [0.05, 0.1) is 9.36 Å². The fourth-order valence-electron chi connectivity index (χ4n) is 1.40. The van der Waals surface area contributed by atoms with E-state index in [1.807, 2.05) is 0 Å². The molecule has 0 fully saturated rings. The predicted molar refractivity (Wildman–Crippen MR) is 77.6 cm³/mol. The van der Waals surface area contributed by atoms with Gasteiger partial charge in [0.25, 0.3) is 0 Å². The van der Waals surface area contributed by atoms with E-state index in [0.29, 0.717) is 24.8 Å². The Labute approximate surface area is 126 Å². The highest BCUT2D eigenvalue weighted by atomic mass is 79.9. The summed E-state index contributed by atoms with van der Waals surface area (Å²) in [5.74, 6) is 0. The van der Waals surface area contributed by atoms with Crippen LogP contribution in [-0.2, 0) is 0 Å². The second-order valence-electron chi connectivity index (χ2n) is 3.36. The van der Waals surface area contributed by atoms with Crippen LogP contribution in [0.4, 0.5) is 0 Å². The number of hydrogen-bond donors (Lipinski definition) is 1. The van der Waals surface area contributed by atoms with Gasteiger partial charge in [0.1, 0.15) is 10.4 Å². The van der Waals surface area contributed by atoms with E-state index in [1.165, 1.54) is 11.3 Å². The molecule has 1 atom stereocenters. The Hall–Kier alpha value is 0.230. The molecule has 1 unspecified atom stereocenters. The highest BCUT2D eigenvalue weighted by molar-refractivity contribution is 9.10. The van der Waals surface area contributed by atoms with Crippen molar-refractivity contribution in [3.05, 3.63) is 53.6 Å². The number of aliphatic hydroxyl groups excluding tert-OH is 1. The quantitative estimate of drug-likeness (QED) is 0.732. The summed E-state index contributed by atoms with van der Waals surface area (Å²) in [5.41, 5.74) is 1.31. The molecule has 0 amide bonds. The standard InChI is InChI=1S/C11H6BrCl3OS/c12-7-3-5(1-2-8(7)13)10(16)6-4-9(14)17-11(6)15/h1-4,10,16H. The Morgan fingerprint density at radius 1 is 1.18 bits per heavy atom. The number of thiophene rings is 1. The smallest absolute Gasteiger partial charge is 0.106 e. The number of halogens is 4. The summed E-state index contributed by atoms with van der Waals surface area (Å²) in [4.78, 5) is 0. The maximum absolute atomic E-state index is 10.2. The summed E-state index contributed by atoms with van der Waals surface area (Å²) in [5, 5.41) is 10.8. The molecule has 90 valence electrons. The summed E-state index contributed by atoms with van der Waals surface area (Å²) in [6.45, 7) is 0. The van der Waals surface area contributed by atoms with Crippen LogP contribution in [0.15, 0.2) is 28.7 Å². The van der Waals surface area contributed by atoms with Crippen LogP contribution >= 0.6 is 62.1 Å². The van der Waals surface area contributed by atoms with E-state index in [1.54, 1.807) is 24.3 Å². The molecule has 1 heterocycles. The van der Waals surface area contributed by atoms with E-state index in [4.69, 9.17) is 34.8 Å². The average Bonchev–Trinajstić information content (AvgIpc) is 2.61. The summed E-state index contributed by atoms with van der Waals surface area (Å²) in [6.07, 6.45) is -0.806. The van der Waals surface area contributed by atoms with Gasteiger partial charge in [0.2, 0.25) is 0 Å². The first-order chi connectivity index (χ1) is 7.99. The normalized spacial score (nSPS) is 12.8.